The van der Waals surface area contributed by atoms with Gasteiger partial charge >= 0.3 is 5.97 Å². The maximum absolute atomic E-state index is 13.5. The van der Waals surface area contributed by atoms with Gasteiger partial charge in [0.05, 0.1) is 5.56 Å². The molecule has 1 aliphatic carbocycles. The van der Waals surface area contributed by atoms with Crippen LogP contribution in [0.1, 0.15) is 36.5 Å². The van der Waals surface area contributed by atoms with Crippen molar-refractivity contribution in [2.45, 2.75) is 37.5 Å². The molecule has 1 aromatic carbocycles. The third-order valence-corrected chi connectivity index (χ3v) is 4.59. The van der Waals surface area contributed by atoms with E-state index in [0.717, 1.165) is 18.6 Å². The molecule has 0 aromatic heterocycles. The molecule has 104 valence electrons. The van der Waals surface area contributed by atoms with Crippen LogP contribution >= 0.6 is 11.8 Å². The molecule has 0 spiro atoms. The minimum absolute atomic E-state index is 0.281. The van der Waals surface area contributed by atoms with Crippen molar-refractivity contribution >= 4 is 23.4 Å². The largest absolute Gasteiger partial charge is 0.478 e. The average Bonchev–Trinajstić information content (AvgIpc) is 2.76. The molecule has 2 rings (SSSR count). The van der Waals surface area contributed by atoms with Crippen LogP contribution in [0.3, 0.4) is 0 Å². The molecule has 1 aromatic rings. The molecule has 19 heavy (non-hydrogen) atoms. The van der Waals surface area contributed by atoms with Gasteiger partial charge in [-0.2, -0.15) is 11.8 Å². The van der Waals surface area contributed by atoms with Crippen molar-refractivity contribution in [3.8, 4) is 0 Å². The van der Waals surface area contributed by atoms with Crippen molar-refractivity contribution in [3.63, 3.8) is 0 Å². The van der Waals surface area contributed by atoms with E-state index in [2.05, 4.69) is 12.2 Å². The molecular formula is C14H18FNO2S. The minimum Gasteiger partial charge on any atom is -0.478 e. The van der Waals surface area contributed by atoms with Crippen molar-refractivity contribution in [3.05, 3.63) is 29.6 Å². The van der Waals surface area contributed by atoms with Crippen molar-refractivity contribution in [2.75, 3.05) is 11.1 Å². The van der Waals surface area contributed by atoms with Crippen molar-refractivity contribution < 1.29 is 14.3 Å². The van der Waals surface area contributed by atoms with Gasteiger partial charge in [-0.05, 0) is 43.2 Å². The molecule has 5 heteroatoms. The number of nitrogens with one attached hydrogen (secondary N) is 1. The van der Waals surface area contributed by atoms with E-state index in [-0.39, 0.29) is 5.56 Å². The molecule has 1 aliphatic rings. The number of anilines is 1. The molecule has 1 fully saturated rings. The number of halogens is 1. The summed E-state index contributed by atoms with van der Waals surface area (Å²) in [4.78, 5) is 10.7. The second kappa shape index (κ2) is 6.28. The van der Waals surface area contributed by atoms with Crippen LogP contribution in [-0.2, 0) is 0 Å². The first-order valence-electron chi connectivity index (χ1n) is 6.51. The number of carboxylic acid groups (broad SMARTS) is 1. The highest BCUT2D eigenvalue weighted by atomic mass is 32.2. The normalized spacial score (nSPS) is 22.4. The van der Waals surface area contributed by atoms with Gasteiger partial charge in [-0.3, -0.25) is 0 Å². The minimum atomic E-state index is -1.23. The van der Waals surface area contributed by atoms with Crippen LogP contribution in [0.4, 0.5) is 10.1 Å². The third kappa shape index (κ3) is 3.62. The summed E-state index contributed by atoms with van der Waals surface area (Å²) < 4.78 is 13.5. The molecular weight excluding hydrogens is 265 g/mol. The number of carbonyl (C=O) groups is 1. The molecule has 0 saturated heterocycles. The Balaban J connectivity index is 1.97. The number of hydrogen-bond acceptors (Lipinski definition) is 3. The zero-order valence-electron chi connectivity index (χ0n) is 10.9. The monoisotopic (exact) mass is 283 g/mol. The lowest BCUT2D eigenvalue weighted by Crippen LogP contribution is -2.16. The summed E-state index contributed by atoms with van der Waals surface area (Å²) in [6.45, 7) is 2.16. The highest BCUT2D eigenvalue weighted by Gasteiger charge is 2.24. The summed E-state index contributed by atoms with van der Waals surface area (Å²) in [5, 5.41) is 12.7. The zero-order chi connectivity index (χ0) is 13.8. The molecule has 0 bridgehead atoms. The van der Waals surface area contributed by atoms with Gasteiger partial charge in [-0.1, -0.05) is 6.92 Å². The topological polar surface area (TPSA) is 49.3 Å². The van der Waals surface area contributed by atoms with Gasteiger partial charge in [-0.15, -0.1) is 0 Å². The zero-order valence-corrected chi connectivity index (χ0v) is 11.7. The lowest BCUT2D eigenvalue weighted by atomic mass is 10.1. The summed E-state index contributed by atoms with van der Waals surface area (Å²) in [6.07, 6.45) is 3.35. The van der Waals surface area contributed by atoms with Crippen LogP contribution in [0, 0.1) is 5.82 Å². The van der Waals surface area contributed by atoms with E-state index in [1.807, 2.05) is 11.8 Å². The molecule has 0 radical (unpaired) electrons. The number of rotatable bonds is 5. The first-order valence-corrected chi connectivity index (χ1v) is 7.56. The molecule has 0 heterocycles. The number of benzene rings is 1. The van der Waals surface area contributed by atoms with E-state index in [9.17, 15) is 9.18 Å². The standard InChI is InChI=1S/C14H18FNO2S/c1-2-19-11-5-3-9(7-11)16-10-4-6-12(14(17)18)13(15)8-10/h4,6,8-9,11,16H,2-3,5,7H2,1H3,(H,17,18). The van der Waals surface area contributed by atoms with Gasteiger partial charge in [0.1, 0.15) is 5.82 Å². The highest BCUT2D eigenvalue weighted by molar-refractivity contribution is 7.99. The lowest BCUT2D eigenvalue weighted by Gasteiger charge is -2.15. The first-order chi connectivity index (χ1) is 9.10. The van der Waals surface area contributed by atoms with E-state index in [0.29, 0.717) is 17.0 Å². The highest BCUT2D eigenvalue weighted by Crippen LogP contribution is 2.31. The number of carboxylic acids is 1. The van der Waals surface area contributed by atoms with Gasteiger partial charge in [-0.25, -0.2) is 9.18 Å². The van der Waals surface area contributed by atoms with E-state index in [1.54, 1.807) is 6.07 Å². The van der Waals surface area contributed by atoms with Gasteiger partial charge in [0, 0.05) is 17.0 Å². The Hall–Kier alpha value is -1.23. The maximum atomic E-state index is 13.5. The predicted molar refractivity (Wildman–Crippen MR) is 76.5 cm³/mol. The number of aromatic carboxylic acids is 1. The molecule has 2 N–H and O–H groups in total. The summed E-state index contributed by atoms with van der Waals surface area (Å²) >= 11 is 1.97. The Morgan fingerprint density at radius 3 is 2.95 bits per heavy atom. The average molecular weight is 283 g/mol. The number of hydrogen-bond donors (Lipinski definition) is 2. The summed E-state index contributed by atoms with van der Waals surface area (Å²) in [7, 11) is 0. The molecule has 1 saturated carbocycles. The Morgan fingerprint density at radius 1 is 1.53 bits per heavy atom. The molecule has 2 unspecified atom stereocenters. The van der Waals surface area contributed by atoms with Crippen LogP contribution in [0.5, 0.6) is 0 Å². The van der Waals surface area contributed by atoms with Gasteiger partial charge in [0.25, 0.3) is 0 Å². The molecule has 3 nitrogen and oxygen atoms in total. The van der Waals surface area contributed by atoms with Crippen LogP contribution in [0.25, 0.3) is 0 Å². The van der Waals surface area contributed by atoms with Crippen LogP contribution in [0.2, 0.25) is 0 Å². The van der Waals surface area contributed by atoms with E-state index < -0.39 is 11.8 Å². The van der Waals surface area contributed by atoms with Gasteiger partial charge in [0.15, 0.2) is 0 Å². The fourth-order valence-corrected chi connectivity index (χ4v) is 3.61. The third-order valence-electron chi connectivity index (χ3n) is 3.36. The smallest absolute Gasteiger partial charge is 0.338 e. The fourth-order valence-electron chi connectivity index (χ4n) is 2.47. The van der Waals surface area contributed by atoms with Crippen molar-refractivity contribution in [1.82, 2.24) is 0 Å². The summed E-state index contributed by atoms with van der Waals surface area (Å²) in [5.41, 5.74) is 0.381. The van der Waals surface area contributed by atoms with Gasteiger partial charge in [0.2, 0.25) is 0 Å². The molecule has 0 aliphatic heterocycles. The van der Waals surface area contributed by atoms with Crippen molar-refractivity contribution in [2.24, 2.45) is 0 Å². The first kappa shape index (κ1) is 14.2. The molecule has 2 atom stereocenters. The summed E-state index contributed by atoms with van der Waals surface area (Å²) in [5.74, 6) is -0.793. The SMILES string of the molecule is CCSC1CCC(Nc2ccc(C(=O)O)c(F)c2)C1. The Labute approximate surface area is 116 Å². The fraction of sp³-hybridized carbons (Fsp3) is 0.500. The quantitative estimate of drug-likeness (QED) is 0.866. The second-order valence-corrected chi connectivity index (χ2v) is 6.31. The maximum Gasteiger partial charge on any atom is 0.338 e. The predicted octanol–water partition coefficient (Wildman–Crippen LogP) is 3.61. The lowest BCUT2D eigenvalue weighted by molar-refractivity contribution is 0.0692. The van der Waals surface area contributed by atoms with Gasteiger partial charge < -0.3 is 10.4 Å². The number of thioether (sulfide) groups is 1. The van der Waals surface area contributed by atoms with Crippen molar-refractivity contribution in [1.29, 1.82) is 0 Å². The van der Waals surface area contributed by atoms with E-state index >= 15 is 0 Å². The van der Waals surface area contributed by atoms with E-state index in [1.165, 1.54) is 18.6 Å². The Bertz CT molecular complexity index is 467. The summed E-state index contributed by atoms with van der Waals surface area (Å²) in [6, 6.07) is 4.57. The Kier molecular flexibility index (Phi) is 4.69. The van der Waals surface area contributed by atoms with Crippen LogP contribution in [-0.4, -0.2) is 28.1 Å². The Morgan fingerprint density at radius 2 is 2.32 bits per heavy atom. The van der Waals surface area contributed by atoms with E-state index in [4.69, 9.17) is 5.11 Å². The van der Waals surface area contributed by atoms with Crippen LogP contribution < -0.4 is 5.32 Å². The van der Waals surface area contributed by atoms with Crippen LogP contribution in [0.15, 0.2) is 18.2 Å². The second-order valence-electron chi connectivity index (χ2n) is 4.73. The molecule has 0 amide bonds.